The van der Waals surface area contributed by atoms with E-state index in [0.717, 1.165) is 0 Å². The van der Waals surface area contributed by atoms with Crippen LogP contribution >= 0.6 is 11.6 Å². The standard InChI is InChI=1S/C16H15ClN2O5/c1-4-8-23-15(20)14-10(17)6-5-7-11(14)24-16-18-12(21-2)9-13(19-16)22-3/h4-7,9H,1,8H2,2-3H3. The molecule has 0 aliphatic heterocycles. The minimum atomic E-state index is -0.648. The minimum Gasteiger partial charge on any atom is -0.481 e. The summed E-state index contributed by atoms with van der Waals surface area (Å²) in [5.41, 5.74) is 0.0615. The summed E-state index contributed by atoms with van der Waals surface area (Å²) in [5, 5.41) is 0.177. The molecular formula is C16H15ClN2O5. The van der Waals surface area contributed by atoms with Gasteiger partial charge in [-0.25, -0.2) is 4.79 Å². The Hall–Kier alpha value is -2.80. The van der Waals surface area contributed by atoms with Crippen LogP contribution in [-0.4, -0.2) is 36.8 Å². The zero-order valence-electron chi connectivity index (χ0n) is 13.1. The third-order valence-electron chi connectivity index (χ3n) is 2.79. The van der Waals surface area contributed by atoms with Crippen molar-refractivity contribution in [3.63, 3.8) is 0 Å². The number of hydrogen-bond donors (Lipinski definition) is 0. The summed E-state index contributed by atoms with van der Waals surface area (Å²) >= 11 is 6.09. The molecule has 0 bridgehead atoms. The Bertz CT molecular complexity index is 729. The molecule has 0 amide bonds. The summed E-state index contributed by atoms with van der Waals surface area (Å²) in [6, 6.07) is 6.15. The van der Waals surface area contributed by atoms with E-state index in [-0.39, 0.29) is 40.7 Å². The Kier molecular flexibility index (Phi) is 5.97. The maximum atomic E-state index is 12.2. The van der Waals surface area contributed by atoms with Gasteiger partial charge in [-0.2, -0.15) is 9.97 Å². The van der Waals surface area contributed by atoms with Crippen LogP contribution in [0.15, 0.2) is 36.9 Å². The maximum Gasteiger partial charge on any atom is 0.343 e. The van der Waals surface area contributed by atoms with Gasteiger partial charge in [-0.1, -0.05) is 30.3 Å². The van der Waals surface area contributed by atoms with Gasteiger partial charge in [0, 0.05) is 0 Å². The highest BCUT2D eigenvalue weighted by Gasteiger charge is 2.20. The van der Waals surface area contributed by atoms with Crippen molar-refractivity contribution in [2.45, 2.75) is 0 Å². The molecule has 0 saturated heterocycles. The van der Waals surface area contributed by atoms with Crippen molar-refractivity contribution in [1.82, 2.24) is 9.97 Å². The molecule has 126 valence electrons. The quantitative estimate of drug-likeness (QED) is 0.560. The Morgan fingerprint density at radius 2 is 1.92 bits per heavy atom. The van der Waals surface area contributed by atoms with E-state index in [0.29, 0.717) is 0 Å². The van der Waals surface area contributed by atoms with Gasteiger partial charge in [0.05, 0.1) is 25.3 Å². The van der Waals surface area contributed by atoms with Crippen molar-refractivity contribution in [3.8, 4) is 23.5 Å². The number of carbonyl (C=O) groups excluding carboxylic acids is 1. The summed E-state index contributed by atoms with van der Waals surface area (Å²) in [6.07, 6.45) is 1.45. The number of carbonyl (C=O) groups is 1. The van der Waals surface area contributed by atoms with Gasteiger partial charge in [-0.3, -0.25) is 0 Å². The van der Waals surface area contributed by atoms with Gasteiger partial charge in [0.2, 0.25) is 11.8 Å². The summed E-state index contributed by atoms with van der Waals surface area (Å²) < 4.78 is 20.7. The first-order valence-corrected chi connectivity index (χ1v) is 7.18. The SMILES string of the molecule is C=CCOC(=O)c1c(Cl)cccc1Oc1nc(OC)cc(OC)n1. The van der Waals surface area contributed by atoms with Crippen LogP contribution in [0.3, 0.4) is 0 Å². The lowest BCUT2D eigenvalue weighted by molar-refractivity contribution is 0.0547. The molecule has 1 aromatic heterocycles. The van der Waals surface area contributed by atoms with Crippen LogP contribution in [0, 0.1) is 0 Å². The van der Waals surface area contributed by atoms with Crippen LogP contribution in [0.1, 0.15) is 10.4 Å². The lowest BCUT2D eigenvalue weighted by Crippen LogP contribution is -2.08. The van der Waals surface area contributed by atoms with Gasteiger partial charge in [0.15, 0.2) is 0 Å². The van der Waals surface area contributed by atoms with E-state index in [4.69, 9.17) is 30.5 Å². The molecule has 8 heteroatoms. The molecule has 24 heavy (non-hydrogen) atoms. The van der Waals surface area contributed by atoms with Crippen LogP contribution in [0.4, 0.5) is 0 Å². The summed E-state index contributed by atoms with van der Waals surface area (Å²) in [5.74, 6) is -0.0125. The minimum absolute atomic E-state index is 0.0486. The fourth-order valence-corrected chi connectivity index (χ4v) is 1.97. The van der Waals surface area contributed by atoms with Crippen LogP contribution in [0.25, 0.3) is 0 Å². The van der Waals surface area contributed by atoms with E-state index >= 15 is 0 Å². The molecule has 1 heterocycles. The Morgan fingerprint density at radius 1 is 1.25 bits per heavy atom. The normalized spacial score (nSPS) is 9.96. The number of aromatic nitrogens is 2. The van der Waals surface area contributed by atoms with E-state index in [1.165, 1.54) is 26.4 Å². The number of rotatable bonds is 7. The topological polar surface area (TPSA) is 79.8 Å². The number of hydrogen-bond acceptors (Lipinski definition) is 7. The second-order valence-electron chi connectivity index (χ2n) is 4.34. The van der Waals surface area contributed by atoms with Crippen molar-refractivity contribution >= 4 is 17.6 Å². The number of esters is 1. The fourth-order valence-electron chi connectivity index (χ4n) is 1.73. The third-order valence-corrected chi connectivity index (χ3v) is 3.10. The molecular weight excluding hydrogens is 336 g/mol. The Morgan fingerprint density at radius 3 is 2.50 bits per heavy atom. The first kappa shape index (κ1) is 17.6. The molecule has 0 unspecified atom stereocenters. The average Bonchev–Trinajstić information content (AvgIpc) is 2.59. The number of halogens is 1. The van der Waals surface area contributed by atoms with Crippen molar-refractivity contribution < 1.29 is 23.7 Å². The van der Waals surface area contributed by atoms with Gasteiger partial charge >= 0.3 is 12.0 Å². The Balaban J connectivity index is 2.38. The summed E-state index contributed by atoms with van der Waals surface area (Å²) in [6.45, 7) is 3.54. The van der Waals surface area contributed by atoms with Crippen molar-refractivity contribution in [1.29, 1.82) is 0 Å². The zero-order chi connectivity index (χ0) is 17.5. The van der Waals surface area contributed by atoms with Gasteiger partial charge in [0.1, 0.15) is 17.9 Å². The predicted molar refractivity (Wildman–Crippen MR) is 87.1 cm³/mol. The Labute approximate surface area is 143 Å². The monoisotopic (exact) mass is 350 g/mol. The highest BCUT2D eigenvalue weighted by molar-refractivity contribution is 6.34. The average molecular weight is 351 g/mol. The predicted octanol–water partition coefficient (Wildman–Crippen LogP) is 3.28. The lowest BCUT2D eigenvalue weighted by Gasteiger charge is -2.11. The van der Waals surface area contributed by atoms with E-state index in [1.807, 2.05) is 0 Å². The number of methoxy groups -OCH3 is 2. The first-order valence-electron chi connectivity index (χ1n) is 6.80. The van der Waals surface area contributed by atoms with E-state index in [2.05, 4.69) is 16.5 Å². The van der Waals surface area contributed by atoms with Crippen molar-refractivity contribution in [2.75, 3.05) is 20.8 Å². The van der Waals surface area contributed by atoms with E-state index in [1.54, 1.807) is 18.2 Å². The molecule has 0 saturated carbocycles. The maximum absolute atomic E-state index is 12.2. The molecule has 2 rings (SSSR count). The molecule has 0 N–H and O–H groups in total. The second-order valence-corrected chi connectivity index (χ2v) is 4.74. The molecule has 0 aliphatic carbocycles. The van der Waals surface area contributed by atoms with Crippen LogP contribution in [0.5, 0.6) is 23.5 Å². The third kappa shape index (κ3) is 4.14. The first-order chi connectivity index (χ1) is 11.6. The molecule has 0 spiro atoms. The highest BCUT2D eigenvalue weighted by Crippen LogP contribution is 2.31. The van der Waals surface area contributed by atoms with Crippen LogP contribution in [-0.2, 0) is 4.74 Å². The largest absolute Gasteiger partial charge is 0.481 e. The summed E-state index contributed by atoms with van der Waals surface area (Å²) in [7, 11) is 2.89. The second kappa shape index (κ2) is 8.16. The fraction of sp³-hybridized carbons (Fsp3) is 0.188. The zero-order valence-corrected chi connectivity index (χ0v) is 13.9. The lowest BCUT2D eigenvalue weighted by atomic mass is 10.2. The van der Waals surface area contributed by atoms with Gasteiger partial charge in [-0.15, -0.1) is 0 Å². The van der Waals surface area contributed by atoms with Gasteiger partial charge < -0.3 is 18.9 Å². The van der Waals surface area contributed by atoms with Gasteiger partial charge in [0.25, 0.3) is 0 Å². The molecule has 0 aliphatic rings. The smallest absolute Gasteiger partial charge is 0.343 e. The number of benzene rings is 1. The van der Waals surface area contributed by atoms with Crippen molar-refractivity contribution in [2.24, 2.45) is 0 Å². The molecule has 1 aromatic carbocycles. The number of ether oxygens (including phenoxy) is 4. The molecule has 0 atom stereocenters. The van der Waals surface area contributed by atoms with E-state index in [9.17, 15) is 4.79 Å². The highest BCUT2D eigenvalue weighted by atomic mass is 35.5. The van der Waals surface area contributed by atoms with E-state index < -0.39 is 5.97 Å². The van der Waals surface area contributed by atoms with Crippen LogP contribution < -0.4 is 14.2 Å². The number of nitrogens with zero attached hydrogens (tertiary/aromatic N) is 2. The van der Waals surface area contributed by atoms with Crippen LogP contribution in [0.2, 0.25) is 5.02 Å². The summed E-state index contributed by atoms with van der Waals surface area (Å²) in [4.78, 5) is 20.2. The molecule has 0 fully saturated rings. The van der Waals surface area contributed by atoms with Gasteiger partial charge in [-0.05, 0) is 12.1 Å². The molecule has 7 nitrogen and oxygen atoms in total. The molecule has 0 radical (unpaired) electrons. The van der Waals surface area contributed by atoms with Crippen molar-refractivity contribution in [3.05, 3.63) is 47.5 Å². The molecule has 2 aromatic rings.